The van der Waals surface area contributed by atoms with E-state index in [9.17, 15) is 15.0 Å². The zero-order chi connectivity index (χ0) is 33.6. The van der Waals surface area contributed by atoms with Gasteiger partial charge in [0, 0.05) is 19.0 Å². The van der Waals surface area contributed by atoms with Crippen LogP contribution in [0.1, 0.15) is 114 Å². The Morgan fingerprint density at radius 1 is 0.957 bits per heavy atom. The van der Waals surface area contributed by atoms with Crippen molar-refractivity contribution in [2.45, 2.75) is 122 Å². The SMILES string of the molecule is CCCCCCN(CCCCCC[C@@H]1Cc2cc(O)ccc2[C@@H]2[C@@H]1[C@@H]1CC[C@H](O)[C@@]1(C)C[C@@H]2F)C(=O)Cc1ccc(OC)c(OC)c1. The number of phenolic OH excluding ortho intramolecular Hbond substituents is 1. The molecule has 2 aromatic rings. The van der Waals surface area contributed by atoms with E-state index in [1.54, 1.807) is 20.3 Å². The van der Waals surface area contributed by atoms with Gasteiger partial charge in [0.2, 0.25) is 5.91 Å². The summed E-state index contributed by atoms with van der Waals surface area (Å²) in [6.45, 7) is 5.89. The standard InChI is InChI=1S/C40H58FNO5/c1-5-6-7-11-20-42(37(45)23-27-14-18-34(46-3)35(22-27)47-4)21-12-9-8-10-13-28-24-29-25-30(43)15-16-31(29)39-33(41)26-40(2)32(38(28)39)17-19-36(40)44/h14-16,18,22,25,28,32-33,36,38-39,43-44H,5-13,17,19-21,23-24,26H2,1-4H3/t28-,32+,33+,36+,38+,39+,40+/m1/s1. The van der Waals surface area contributed by atoms with Crippen LogP contribution < -0.4 is 9.47 Å². The number of nitrogens with zero attached hydrogens (tertiary/aromatic N) is 1. The van der Waals surface area contributed by atoms with Crippen LogP contribution in [0.5, 0.6) is 17.2 Å². The molecule has 0 spiro atoms. The smallest absolute Gasteiger partial charge is 0.226 e. The van der Waals surface area contributed by atoms with Gasteiger partial charge in [-0.2, -0.15) is 0 Å². The van der Waals surface area contributed by atoms with Gasteiger partial charge in [-0.05, 0) is 109 Å². The van der Waals surface area contributed by atoms with Crippen LogP contribution in [0.2, 0.25) is 0 Å². The van der Waals surface area contributed by atoms with Gasteiger partial charge >= 0.3 is 0 Å². The molecular formula is C40H58FNO5. The maximum Gasteiger partial charge on any atom is 0.226 e. The number of carbonyl (C=O) groups excluding carboxylic acids is 1. The summed E-state index contributed by atoms with van der Waals surface area (Å²) < 4.78 is 26.9. The van der Waals surface area contributed by atoms with Crippen molar-refractivity contribution in [1.82, 2.24) is 4.90 Å². The van der Waals surface area contributed by atoms with E-state index in [2.05, 4.69) is 18.7 Å². The Bertz CT molecular complexity index is 1330. The molecule has 5 rings (SSSR count). The van der Waals surface area contributed by atoms with Crippen LogP contribution in [0, 0.1) is 23.2 Å². The molecule has 47 heavy (non-hydrogen) atoms. The molecule has 1 amide bonds. The summed E-state index contributed by atoms with van der Waals surface area (Å²) in [5.41, 5.74) is 2.76. The van der Waals surface area contributed by atoms with Crippen LogP contribution in [0.4, 0.5) is 4.39 Å². The third kappa shape index (κ3) is 7.92. The molecule has 0 heterocycles. The number of ether oxygens (including phenoxy) is 2. The summed E-state index contributed by atoms with van der Waals surface area (Å²) >= 11 is 0. The molecule has 0 saturated heterocycles. The number of carbonyl (C=O) groups is 1. The lowest BCUT2D eigenvalue weighted by Crippen LogP contribution is -2.51. The van der Waals surface area contributed by atoms with Gasteiger partial charge in [-0.1, -0.05) is 64.5 Å². The first kappa shape index (κ1) is 35.5. The van der Waals surface area contributed by atoms with E-state index >= 15 is 4.39 Å². The number of aromatic hydroxyl groups is 1. The molecule has 0 aromatic heterocycles. The lowest BCUT2D eigenvalue weighted by molar-refractivity contribution is -0.130. The fourth-order valence-corrected chi connectivity index (χ4v) is 9.46. The van der Waals surface area contributed by atoms with Crippen molar-refractivity contribution in [1.29, 1.82) is 0 Å². The Morgan fingerprint density at radius 2 is 1.68 bits per heavy atom. The van der Waals surface area contributed by atoms with E-state index in [0.717, 1.165) is 94.0 Å². The molecule has 6 nitrogen and oxygen atoms in total. The van der Waals surface area contributed by atoms with Gasteiger partial charge in [0.15, 0.2) is 11.5 Å². The van der Waals surface area contributed by atoms with Crippen LogP contribution in [0.15, 0.2) is 36.4 Å². The molecule has 2 N–H and O–H groups in total. The number of phenols is 1. The normalized spacial score (nSPS) is 27.9. The van der Waals surface area contributed by atoms with Gasteiger partial charge in [-0.15, -0.1) is 0 Å². The number of fused-ring (bicyclic) bond motifs is 5. The topological polar surface area (TPSA) is 79.2 Å². The number of hydrogen-bond acceptors (Lipinski definition) is 5. The number of hydrogen-bond donors (Lipinski definition) is 2. The predicted octanol–water partition coefficient (Wildman–Crippen LogP) is 8.40. The number of halogens is 1. The lowest BCUT2D eigenvalue weighted by atomic mass is 9.51. The third-order valence-electron chi connectivity index (χ3n) is 12.0. The number of benzene rings is 2. The minimum absolute atomic E-state index is 0.148. The van der Waals surface area contributed by atoms with E-state index in [1.807, 2.05) is 30.3 Å². The highest BCUT2D eigenvalue weighted by Gasteiger charge is 2.59. The number of unbranched alkanes of at least 4 members (excludes halogenated alkanes) is 6. The quantitative estimate of drug-likeness (QED) is 0.178. The summed E-state index contributed by atoms with van der Waals surface area (Å²) in [4.78, 5) is 15.5. The van der Waals surface area contributed by atoms with Crippen molar-refractivity contribution in [2.24, 2.45) is 23.2 Å². The molecule has 2 saturated carbocycles. The Hall–Kier alpha value is -2.80. The van der Waals surface area contributed by atoms with Gasteiger partial charge in [0.25, 0.3) is 0 Å². The molecule has 2 aromatic carbocycles. The summed E-state index contributed by atoms with van der Waals surface area (Å²) in [5, 5.41) is 21.2. The van der Waals surface area contributed by atoms with E-state index < -0.39 is 12.3 Å². The number of methoxy groups -OCH3 is 2. The van der Waals surface area contributed by atoms with E-state index in [1.165, 1.54) is 12.8 Å². The highest BCUT2D eigenvalue weighted by atomic mass is 19.1. The Balaban J connectivity index is 1.18. The fraction of sp³-hybridized carbons (Fsp3) is 0.675. The van der Waals surface area contributed by atoms with Crippen molar-refractivity contribution in [2.75, 3.05) is 27.3 Å². The number of aliphatic hydroxyl groups excluding tert-OH is 1. The minimum atomic E-state index is -0.972. The van der Waals surface area contributed by atoms with E-state index in [0.29, 0.717) is 36.2 Å². The maximum atomic E-state index is 16.1. The van der Waals surface area contributed by atoms with Crippen LogP contribution in [-0.2, 0) is 17.6 Å². The molecule has 7 atom stereocenters. The van der Waals surface area contributed by atoms with E-state index in [4.69, 9.17) is 9.47 Å². The summed E-state index contributed by atoms with van der Waals surface area (Å²) in [5.74, 6) is 2.48. The number of alkyl halides is 1. The fourth-order valence-electron chi connectivity index (χ4n) is 9.46. The highest BCUT2D eigenvalue weighted by Crippen LogP contribution is 2.63. The monoisotopic (exact) mass is 651 g/mol. The molecule has 3 aliphatic carbocycles. The molecular weight excluding hydrogens is 593 g/mol. The molecule has 7 heteroatoms. The first-order valence-corrected chi connectivity index (χ1v) is 18.3. The van der Waals surface area contributed by atoms with Crippen LogP contribution >= 0.6 is 0 Å². The first-order chi connectivity index (χ1) is 22.7. The van der Waals surface area contributed by atoms with Gasteiger partial charge in [-0.25, -0.2) is 4.39 Å². The highest BCUT2D eigenvalue weighted by molar-refractivity contribution is 5.79. The minimum Gasteiger partial charge on any atom is -0.508 e. The molecule has 0 radical (unpaired) electrons. The van der Waals surface area contributed by atoms with Gasteiger partial charge in [-0.3, -0.25) is 4.79 Å². The Morgan fingerprint density at radius 3 is 2.40 bits per heavy atom. The second-order valence-electron chi connectivity index (χ2n) is 14.9. The lowest BCUT2D eigenvalue weighted by Gasteiger charge is -2.54. The van der Waals surface area contributed by atoms with Crippen LogP contribution in [0.25, 0.3) is 0 Å². The van der Waals surface area contributed by atoms with Crippen molar-refractivity contribution < 1.29 is 28.9 Å². The number of amides is 1. The number of aliphatic hydroxyl groups is 1. The molecule has 0 bridgehead atoms. The molecule has 3 aliphatic rings. The van der Waals surface area contributed by atoms with Crippen LogP contribution in [0.3, 0.4) is 0 Å². The summed E-state index contributed by atoms with van der Waals surface area (Å²) in [7, 11) is 3.23. The summed E-state index contributed by atoms with van der Waals surface area (Å²) in [6, 6.07) is 11.2. The average molecular weight is 652 g/mol. The number of rotatable bonds is 16. The van der Waals surface area contributed by atoms with Gasteiger partial charge < -0.3 is 24.6 Å². The predicted molar refractivity (Wildman–Crippen MR) is 185 cm³/mol. The second-order valence-corrected chi connectivity index (χ2v) is 14.9. The summed E-state index contributed by atoms with van der Waals surface area (Å²) in [6.07, 6.45) is 11.7. The zero-order valence-corrected chi connectivity index (χ0v) is 29.2. The second kappa shape index (κ2) is 16.1. The van der Waals surface area contributed by atoms with Crippen molar-refractivity contribution in [3.05, 3.63) is 53.1 Å². The average Bonchev–Trinajstić information content (AvgIpc) is 3.35. The zero-order valence-electron chi connectivity index (χ0n) is 29.2. The molecule has 0 aliphatic heterocycles. The van der Waals surface area contributed by atoms with Crippen molar-refractivity contribution >= 4 is 5.91 Å². The van der Waals surface area contributed by atoms with Gasteiger partial charge in [0.1, 0.15) is 11.9 Å². The molecule has 2 fully saturated rings. The maximum absolute atomic E-state index is 16.1. The Labute approximate surface area is 282 Å². The molecule has 0 unspecified atom stereocenters. The van der Waals surface area contributed by atoms with Crippen LogP contribution in [-0.4, -0.2) is 60.6 Å². The third-order valence-corrected chi connectivity index (χ3v) is 12.0. The Kier molecular flexibility index (Phi) is 12.1. The first-order valence-electron chi connectivity index (χ1n) is 18.3. The largest absolute Gasteiger partial charge is 0.508 e. The van der Waals surface area contributed by atoms with E-state index in [-0.39, 0.29) is 28.9 Å². The molecule has 260 valence electrons. The van der Waals surface area contributed by atoms with Crippen molar-refractivity contribution in [3.8, 4) is 17.2 Å². The van der Waals surface area contributed by atoms with Gasteiger partial charge in [0.05, 0.1) is 26.7 Å². The van der Waals surface area contributed by atoms with Crippen molar-refractivity contribution in [3.63, 3.8) is 0 Å².